The van der Waals surface area contributed by atoms with Crippen LogP contribution in [0.15, 0.2) is 47.6 Å². The lowest BCUT2D eigenvalue weighted by atomic mass is 10.1. The minimum Gasteiger partial charge on any atom is -0.478 e. The molecular weight excluding hydrogens is 361 g/mol. The monoisotopic (exact) mass is 371 g/mol. The number of carboxylic acids is 1. The Hall–Kier alpha value is -3.23. The predicted molar refractivity (Wildman–Crippen MR) is 82.0 cm³/mol. The zero-order valence-corrected chi connectivity index (χ0v) is 12.8. The van der Waals surface area contributed by atoms with Gasteiger partial charge in [0.05, 0.1) is 6.21 Å². The van der Waals surface area contributed by atoms with Crippen molar-refractivity contribution in [3.8, 4) is 0 Å². The number of benzene rings is 2. The van der Waals surface area contributed by atoms with Crippen molar-refractivity contribution in [2.45, 2.75) is 6.11 Å². The molecule has 2 aromatic rings. The Morgan fingerprint density at radius 1 is 1.00 bits per heavy atom. The minimum atomic E-state index is -4.32. The molecule has 0 amide bonds. The Morgan fingerprint density at radius 3 is 2.23 bits per heavy atom. The lowest BCUT2D eigenvalue weighted by molar-refractivity contribution is -0.250. The summed E-state index contributed by atoms with van der Waals surface area (Å²) in [5, 5.41) is 11.5. The van der Waals surface area contributed by atoms with Crippen molar-refractivity contribution in [3.05, 3.63) is 76.6 Å². The van der Waals surface area contributed by atoms with Gasteiger partial charge in [-0.1, -0.05) is 29.4 Å². The lowest BCUT2D eigenvalue weighted by Crippen LogP contribution is -2.18. The number of carboxylic acid groups (broad SMARTS) is 1. The van der Waals surface area contributed by atoms with Crippen molar-refractivity contribution in [1.29, 1.82) is 0 Å². The fraction of sp³-hybridized carbons (Fsp3) is 0.0588. The third-order valence-corrected chi connectivity index (χ3v) is 3.07. The molecule has 0 radical (unpaired) electrons. The van der Waals surface area contributed by atoms with Gasteiger partial charge in [0.2, 0.25) is 0 Å². The lowest BCUT2D eigenvalue weighted by Gasteiger charge is -2.14. The van der Waals surface area contributed by atoms with Gasteiger partial charge < -0.3 is 9.94 Å². The van der Waals surface area contributed by atoms with Crippen LogP contribution in [0.5, 0.6) is 0 Å². The summed E-state index contributed by atoms with van der Waals surface area (Å²) in [6.07, 6.45) is -1.20. The summed E-state index contributed by atoms with van der Waals surface area (Å²) in [6.45, 7) is 0. The Labute approximate surface area is 143 Å². The van der Waals surface area contributed by atoms with Crippen molar-refractivity contribution in [3.63, 3.8) is 0 Å². The smallest absolute Gasteiger partial charge is 0.449 e. The number of hydrogen-bond acceptors (Lipinski definition) is 3. The highest BCUT2D eigenvalue weighted by atomic mass is 19.3. The molecule has 9 heteroatoms. The highest BCUT2D eigenvalue weighted by molar-refractivity contribution is 5.85. The largest absolute Gasteiger partial charge is 0.478 e. The van der Waals surface area contributed by atoms with Crippen LogP contribution in [0, 0.1) is 17.5 Å². The molecule has 0 aliphatic carbocycles. The third kappa shape index (κ3) is 4.65. The second-order valence-corrected chi connectivity index (χ2v) is 4.90. The molecule has 2 aromatic carbocycles. The molecule has 4 nitrogen and oxygen atoms in total. The number of hydrogen-bond donors (Lipinski definition) is 1. The number of oxime groups is 1. The summed E-state index contributed by atoms with van der Waals surface area (Å²) in [5.74, 6) is -6.85. The minimum absolute atomic E-state index is 0.319. The normalized spacial score (nSPS) is 12.0. The van der Waals surface area contributed by atoms with Crippen molar-refractivity contribution < 1.29 is 36.7 Å². The number of alkyl halides is 2. The quantitative estimate of drug-likeness (QED) is 0.271. The van der Waals surface area contributed by atoms with Crippen LogP contribution in [0.2, 0.25) is 0 Å². The van der Waals surface area contributed by atoms with E-state index in [1.54, 1.807) is 0 Å². The van der Waals surface area contributed by atoms with E-state index in [4.69, 9.17) is 5.11 Å². The molecule has 26 heavy (non-hydrogen) atoms. The average molecular weight is 371 g/mol. The van der Waals surface area contributed by atoms with E-state index in [2.05, 4.69) is 9.99 Å². The van der Waals surface area contributed by atoms with Gasteiger partial charge in [0.1, 0.15) is 5.56 Å². The molecular formula is C17H10F5NO3. The van der Waals surface area contributed by atoms with Gasteiger partial charge >= 0.3 is 12.1 Å². The molecule has 1 N–H and O–H groups in total. The fourth-order valence-electron chi connectivity index (χ4n) is 1.81. The van der Waals surface area contributed by atoms with Crippen LogP contribution in [0.1, 0.15) is 16.7 Å². The number of halogens is 5. The van der Waals surface area contributed by atoms with E-state index in [0.717, 1.165) is 12.3 Å². The Kier molecular flexibility index (Phi) is 5.71. The zero-order chi connectivity index (χ0) is 19.3. The number of nitrogens with zero attached hydrogens (tertiary/aromatic N) is 1. The molecule has 0 aliphatic heterocycles. The van der Waals surface area contributed by atoms with E-state index in [1.165, 1.54) is 30.3 Å². The molecule has 136 valence electrons. The van der Waals surface area contributed by atoms with Gasteiger partial charge in [-0.25, -0.2) is 18.0 Å². The molecule has 0 atom stereocenters. The first-order chi connectivity index (χ1) is 12.2. The van der Waals surface area contributed by atoms with Crippen LogP contribution in [-0.2, 0) is 15.7 Å². The van der Waals surface area contributed by atoms with Gasteiger partial charge in [0.25, 0.3) is 0 Å². The van der Waals surface area contributed by atoms with E-state index < -0.39 is 35.1 Å². The molecule has 0 spiro atoms. The van der Waals surface area contributed by atoms with E-state index in [-0.39, 0.29) is 0 Å². The molecule has 0 bridgehead atoms. The fourth-order valence-corrected chi connectivity index (χ4v) is 1.81. The van der Waals surface area contributed by atoms with Crippen LogP contribution in [-0.4, -0.2) is 17.3 Å². The van der Waals surface area contributed by atoms with Gasteiger partial charge in [0, 0.05) is 6.08 Å². The molecule has 0 saturated carbocycles. The van der Waals surface area contributed by atoms with Gasteiger partial charge in [-0.15, -0.1) is 0 Å². The predicted octanol–water partition coefficient (Wildman–Crippen LogP) is 4.30. The molecule has 2 rings (SSSR count). The van der Waals surface area contributed by atoms with E-state index in [0.29, 0.717) is 23.3 Å². The zero-order valence-electron chi connectivity index (χ0n) is 12.8. The van der Waals surface area contributed by atoms with Crippen LogP contribution in [0.4, 0.5) is 22.0 Å². The van der Waals surface area contributed by atoms with Gasteiger partial charge in [-0.3, -0.25) is 0 Å². The van der Waals surface area contributed by atoms with Crippen molar-refractivity contribution in [2.75, 3.05) is 0 Å². The maximum absolute atomic E-state index is 13.7. The van der Waals surface area contributed by atoms with Crippen LogP contribution in [0.3, 0.4) is 0 Å². The maximum Gasteiger partial charge on any atom is 0.449 e. The van der Waals surface area contributed by atoms with Crippen molar-refractivity contribution >= 4 is 18.3 Å². The first kappa shape index (κ1) is 19.1. The summed E-state index contributed by atoms with van der Waals surface area (Å²) in [5.41, 5.74) is -0.638. The van der Waals surface area contributed by atoms with Gasteiger partial charge in [-0.05, 0) is 29.3 Å². The Morgan fingerprint density at radius 2 is 1.62 bits per heavy atom. The number of carbonyl (C=O) groups is 1. The Bertz CT molecular complexity index is 863. The van der Waals surface area contributed by atoms with Gasteiger partial charge in [0.15, 0.2) is 17.5 Å². The number of rotatable bonds is 6. The van der Waals surface area contributed by atoms with Gasteiger partial charge in [-0.2, -0.15) is 8.78 Å². The second kappa shape index (κ2) is 7.77. The summed E-state index contributed by atoms with van der Waals surface area (Å²) in [7, 11) is 0. The van der Waals surface area contributed by atoms with E-state index >= 15 is 0 Å². The SMILES string of the molecule is O=C(O)C=Cc1ccc(C=NOC(F)(F)c2ccc(F)c(F)c2F)cc1. The van der Waals surface area contributed by atoms with Crippen molar-refractivity contribution in [1.82, 2.24) is 0 Å². The second-order valence-electron chi connectivity index (χ2n) is 4.90. The topological polar surface area (TPSA) is 58.9 Å². The van der Waals surface area contributed by atoms with E-state index in [9.17, 15) is 26.7 Å². The summed E-state index contributed by atoms with van der Waals surface area (Å²) in [4.78, 5) is 14.3. The summed E-state index contributed by atoms with van der Waals surface area (Å²) < 4.78 is 66.7. The molecule has 0 heterocycles. The molecule has 0 aromatic heterocycles. The maximum atomic E-state index is 13.7. The highest BCUT2D eigenvalue weighted by Crippen LogP contribution is 2.33. The van der Waals surface area contributed by atoms with Crippen LogP contribution in [0.25, 0.3) is 6.08 Å². The highest BCUT2D eigenvalue weighted by Gasteiger charge is 2.39. The first-order valence-electron chi connectivity index (χ1n) is 6.95. The third-order valence-electron chi connectivity index (χ3n) is 3.07. The summed E-state index contributed by atoms with van der Waals surface area (Å²) >= 11 is 0. The molecule has 0 fully saturated rings. The Balaban J connectivity index is 2.09. The number of aliphatic carboxylic acids is 1. The van der Waals surface area contributed by atoms with Crippen LogP contribution < -0.4 is 0 Å². The summed E-state index contributed by atoms with van der Waals surface area (Å²) in [6, 6.07) is 6.56. The molecule has 0 unspecified atom stereocenters. The average Bonchev–Trinajstić information content (AvgIpc) is 2.58. The standard InChI is InChI=1S/C17H10F5NO3/c18-13-7-6-12(15(19)16(13)20)17(21,22)26-23-9-11-3-1-10(2-4-11)5-8-14(24)25/h1-9H,(H,24,25). The molecule has 0 aliphatic rings. The van der Waals surface area contributed by atoms with E-state index in [1.807, 2.05) is 0 Å². The van der Waals surface area contributed by atoms with Crippen molar-refractivity contribution in [2.24, 2.45) is 5.16 Å². The molecule has 0 saturated heterocycles. The first-order valence-corrected chi connectivity index (χ1v) is 6.95. The van der Waals surface area contributed by atoms with Crippen LogP contribution >= 0.6 is 0 Å².